The van der Waals surface area contributed by atoms with Crippen LogP contribution in [-0.2, 0) is 9.53 Å². The average molecular weight is 308 g/mol. The molecule has 21 heavy (non-hydrogen) atoms. The highest BCUT2D eigenvalue weighted by molar-refractivity contribution is 7.13. The van der Waals surface area contributed by atoms with Gasteiger partial charge in [0.25, 0.3) is 5.91 Å². The molecule has 7 heteroatoms. The Labute approximate surface area is 126 Å². The molecule has 0 radical (unpaired) electrons. The lowest BCUT2D eigenvalue weighted by Gasteiger charge is -2.15. The van der Waals surface area contributed by atoms with Gasteiger partial charge in [-0.25, -0.2) is 4.98 Å². The van der Waals surface area contributed by atoms with E-state index in [-0.39, 0.29) is 18.3 Å². The standard InChI is InChI=1S/C14H16N2O4S/c1-3-19-12(17)6-7-16(2)14(18)10-9-21-13(15-10)11-5-4-8-20-11/h4-5,8-9H,3,6-7H2,1-2H3. The Bertz CT molecular complexity index is 606. The second kappa shape index (κ2) is 7.03. The Kier molecular flexibility index (Phi) is 5.10. The van der Waals surface area contributed by atoms with Gasteiger partial charge in [0.15, 0.2) is 10.8 Å². The molecule has 0 saturated carbocycles. The summed E-state index contributed by atoms with van der Waals surface area (Å²) in [6.07, 6.45) is 1.73. The molecule has 0 fully saturated rings. The van der Waals surface area contributed by atoms with Gasteiger partial charge in [-0.3, -0.25) is 9.59 Å². The summed E-state index contributed by atoms with van der Waals surface area (Å²) >= 11 is 1.34. The second-order valence-electron chi connectivity index (χ2n) is 4.30. The number of nitrogens with zero attached hydrogens (tertiary/aromatic N) is 2. The maximum Gasteiger partial charge on any atom is 0.307 e. The molecular weight excluding hydrogens is 292 g/mol. The molecule has 0 N–H and O–H groups in total. The van der Waals surface area contributed by atoms with Crippen LogP contribution in [0.15, 0.2) is 28.2 Å². The van der Waals surface area contributed by atoms with Crippen LogP contribution in [0.25, 0.3) is 10.8 Å². The minimum absolute atomic E-state index is 0.172. The first-order valence-electron chi connectivity index (χ1n) is 6.52. The highest BCUT2D eigenvalue weighted by atomic mass is 32.1. The van der Waals surface area contributed by atoms with Crippen LogP contribution in [0.5, 0.6) is 0 Å². The van der Waals surface area contributed by atoms with Crippen molar-refractivity contribution in [1.82, 2.24) is 9.88 Å². The van der Waals surface area contributed by atoms with Gasteiger partial charge in [-0.1, -0.05) is 0 Å². The number of aromatic nitrogens is 1. The fourth-order valence-corrected chi connectivity index (χ4v) is 2.43. The maximum atomic E-state index is 12.2. The summed E-state index contributed by atoms with van der Waals surface area (Å²) in [6.45, 7) is 2.39. The van der Waals surface area contributed by atoms with E-state index in [1.54, 1.807) is 37.7 Å². The average Bonchev–Trinajstić information content (AvgIpc) is 3.14. The van der Waals surface area contributed by atoms with Crippen LogP contribution < -0.4 is 0 Å². The Hall–Kier alpha value is -2.15. The Balaban J connectivity index is 1.95. The molecule has 2 aromatic rings. The number of rotatable bonds is 6. The summed E-state index contributed by atoms with van der Waals surface area (Å²) in [5.41, 5.74) is 0.345. The van der Waals surface area contributed by atoms with Crippen LogP contribution in [0.4, 0.5) is 0 Å². The fraction of sp³-hybridized carbons (Fsp3) is 0.357. The van der Waals surface area contributed by atoms with E-state index in [4.69, 9.17) is 9.15 Å². The lowest BCUT2D eigenvalue weighted by Crippen LogP contribution is -2.29. The van der Waals surface area contributed by atoms with Crippen LogP contribution in [0.2, 0.25) is 0 Å². The van der Waals surface area contributed by atoms with Gasteiger partial charge < -0.3 is 14.1 Å². The molecule has 2 heterocycles. The minimum atomic E-state index is -0.313. The number of ether oxygens (including phenoxy) is 1. The number of hydrogen-bond donors (Lipinski definition) is 0. The number of amides is 1. The van der Waals surface area contributed by atoms with Crippen LogP contribution in [0.3, 0.4) is 0 Å². The first-order valence-corrected chi connectivity index (χ1v) is 7.40. The van der Waals surface area contributed by atoms with Crippen LogP contribution in [0.1, 0.15) is 23.8 Å². The fourth-order valence-electron chi connectivity index (χ4n) is 1.67. The van der Waals surface area contributed by atoms with Gasteiger partial charge in [-0.05, 0) is 19.1 Å². The van der Waals surface area contributed by atoms with E-state index in [9.17, 15) is 9.59 Å². The molecule has 6 nitrogen and oxygen atoms in total. The van der Waals surface area contributed by atoms with E-state index in [0.29, 0.717) is 29.6 Å². The molecule has 0 aliphatic carbocycles. The zero-order valence-electron chi connectivity index (χ0n) is 11.9. The van der Waals surface area contributed by atoms with Crippen LogP contribution in [-0.4, -0.2) is 42.0 Å². The van der Waals surface area contributed by atoms with Gasteiger partial charge in [0.05, 0.1) is 19.3 Å². The summed E-state index contributed by atoms with van der Waals surface area (Å²) in [6, 6.07) is 3.56. The monoisotopic (exact) mass is 308 g/mol. The number of furan rings is 1. The van der Waals surface area contributed by atoms with E-state index >= 15 is 0 Å². The minimum Gasteiger partial charge on any atom is -0.466 e. The molecule has 0 unspecified atom stereocenters. The number of thiazole rings is 1. The van der Waals surface area contributed by atoms with Crippen molar-refractivity contribution in [2.75, 3.05) is 20.2 Å². The van der Waals surface area contributed by atoms with Gasteiger partial charge in [0.2, 0.25) is 0 Å². The zero-order chi connectivity index (χ0) is 15.2. The lowest BCUT2D eigenvalue weighted by molar-refractivity contribution is -0.143. The molecular formula is C14H16N2O4S. The number of carbonyl (C=O) groups is 2. The topological polar surface area (TPSA) is 72.6 Å². The molecule has 112 valence electrons. The van der Waals surface area contributed by atoms with Gasteiger partial charge >= 0.3 is 5.97 Å². The first-order chi connectivity index (χ1) is 10.1. The van der Waals surface area contributed by atoms with Crippen molar-refractivity contribution in [2.24, 2.45) is 0 Å². The normalized spacial score (nSPS) is 10.4. The Morgan fingerprint density at radius 2 is 2.29 bits per heavy atom. The second-order valence-corrected chi connectivity index (χ2v) is 5.16. The van der Waals surface area contributed by atoms with E-state index in [2.05, 4.69) is 4.98 Å². The highest BCUT2D eigenvalue weighted by Crippen LogP contribution is 2.24. The molecule has 0 aromatic carbocycles. The molecule has 0 saturated heterocycles. The largest absolute Gasteiger partial charge is 0.466 e. The van der Waals surface area contributed by atoms with Crippen molar-refractivity contribution < 1.29 is 18.7 Å². The van der Waals surface area contributed by atoms with Gasteiger partial charge in [-0.2, -0.15) is 0 Å². The predicted molar refractivity (Wildman–Crippen MR) is 78.0 cm³/mol. The van der Waals surface area contributed by atoms with E-state index in [1.807, 2.05) is 0 Å². The molecule has 2 aromatic heterocycles. The summed E-state index contributed by atoms with van der Waals surface area (Å²) in [4.78, 5) is 29.2. The highest BCUT2D eigenvalue weighted by Gasteiger charge is 2.17. The predicted octanol–water partition coefficient (Wildman–Crippen LogP) is 2.43. The Morgan fingerprint density at radius 3 is 2.95 bits per heavy atom. The molecule has 0 spiro atoms. The first kappa shape index (κ1) is 15.2. The van der Waals surface area contributed by atoms with Crippen molar-refractivity contribution in [3.05, 3.63) is 29.5 Å². The maximum absolute atomic E-state index is 12.2. The van der Waals surface area contributed by atoms with Crippen LogP contribution >= 0.6 is 11.3 Å². The number of carbonyl (C=O) groups excluding carboxylic acids is 2. The molecule has 0 bridgehead atoms. The third-order valence-corrected chi connectivity index (χ3v) is 3.62. The third-order valence-electron chi connectivity index (χ3n) is 2.76. The van der Waals surface area contributed by atoms with Gasteiger partial charge in [0.1, 0.15) is 5.69 Å². The van der Waals surface area contributed by atoms with Crippen molar-refractivity contribution in [3.8, 4) is 10.8 Å². The van der Waals surface area contributed by atoms with Crippen LogP contribution in [0, 0.1) is 0 Å². The SMILES string of the molecule is CCOC(=O)CCN(C)C(=O)c1csc(-c2ccco2)n1. The molecule has 0 aliphatic rings. The summed E-state index contributed by atoms with van der Waals surface area (Å²) in [7, 11) is 1.63. The van der Waals surface area contributed by atoms with Crippen molar-refractivity contribution in [3.63, 3.8) is 0 Å². The zero-order valence-corrected chi connectivity index (χ0v) is 12.7. The van der Waals surface area contributed by atoms with E-state index < -0.39 is 0 Å². The molecule has 0 aliphatic heterocycles. The molecule has 0 atom stereocenters. The van der Waals surface area contributed by atoms with Crippen molar-refractivity contribution >= 4 is 23.2 Å². The van der Waals surface area contributed by atoms with Gasteiger partial charge in [0, 0.05) is 19.0 Å². The molecule has 2 rings (SSSR count). The molecule has 1 amide bonds. The summed E-state index contributed by atoms with van der Waals surface area (Å²) in [5.74, 6) is 0.0910. The number of esters is 1. The van der Waals surface area contributed by atoms with Crippen molar-refractivity contribution in [2.45, 2.75) is 13.3 Å². The van der Waals surface area contributed by atoms with Crippen molar-refractivity contribution in [1.29, 1.82) is 0 Å². The van der Waals surface area contributed by atoms with Gasteiger partial charge in [-0.15, -0.1) is 11.3 Å². The Morgan fingerprint density at radius 1 is 1.48 bits per heavy atom. The summed E-state index contributed by atoms with van der Waals surface area (Å²) < 4.78 is 10.1. The quantitative estimate of drug-likeness (QED) is 0.766. The number of hydrogen-bond acceptors (Lipinski definition) is 6. The third kappa shape index (κ3) is 3.91. The van der Waals surface area contributed by atoms with E-state index in [0.717, 1.165) is 0 Å². The van der Waals surface area contributed by atoms with E-state index in [1.165, 1.54) is 16.2 Å². The summed E-state index contributed by atoms with van der Waals surface area (Å²) in [5, 5.41) is 2.34. The smallest absolute Gasteiger partial charge is 0.307 e. The lowest BCUT2D eigenvalue weighted by atomic mass is 10.3.